The van der Waals surface area contributed by atoms with Crippen molar-refractivity contribution < 1.29 is 19.1 Å². The normalized spacial score (nSPS) is 9.92. The van der Waals surface area contributed by atoms with E-state index in [-0.39, 0.29) is 11.8 Å². The smallest absolute Gasteiger partial charge is 0.319 e. The summed E-state index contributed by atoms with van der Waals surface area (Å²) < 4.78 is 10.7. The van der Waals surface area contributed by atoms with Crippen molar-refractivity contribution in [2.24, 2.45) is 0 Å². The number of para-hydroxylation sites is 2. The van der Waals surface area contributed by atoms with E-state index >= 15 is 0 Å². The number of methoxy groups -OCH3 is 1. The number of hydrogen-bond donors (Lipinski definition) is 2. The Morgan fingerprint density at radius 1 is 1.04 bits per heavy atom. The van der Waals surface area contributed by atoms with Gasteiger partial charge in [0.25, 0.3) is 0 Å². The molecule has 0 aliphatic rings. The van der Waals surface area contributed by atoms with E-state index in [0.717, 1.165) is 0 Å². The molecule has 0 saturated heterocycles. The van der Waals surface area contributed by atoms with Gasteiger partial charge in [-0.2, -0.15) is 0 Å². The van der Waals surface area contributed by atoms with E-state index in [1.807, 2.05) is 12.1 Å². The average Bonchev–Trinajstić information content (AvgIpc) is 2.59. The minimum atomic E-state index is -0.362. The Labute approximate surface area is 140 Å². The van der Waals surface area contributed by atoms with Gasteiger partial charge in [0, 0.05) is 11.3 Å². The highest BCUT2D eigenvalue weighted by atomic mass is 16.5. The van der Waals surface area contributed by atoms with Crippen LogP contribution in [-0.4, -0.2) is 32.1 Å². The largest absolute Gasteiger partial charge is 0.493 e. The van der Waals surface area contributed by atoms with Crippen molar-refractivity contribution in [1.82, 2.24) is 5.32 Å². The Bertz CT molecular complexity index is 716. The summed E-state index contributed by atoms with van der Waals surface area (Å²) in [6.45, 7) is 2.12. The molecule has 6 heteroatoms. The first-order valence-electron chi connectivity index (χ1n) is 7.52. The molecule has 2 aromatic carbocycles. The van der Waals surface area contributed by atoms with Crippen LogP contribution in [0.4, 0.5) is 10.5 Å². The van der Waals surface area contributed by atoms with Gasteiger partial charge in [0.15, 0.2) is 17.3 Å². The molecule has 0 unspecified atom stereocenters. The van der Waals surface area contributed by atoms with Crippen molar-refractivity contribution in [3.63, 3.8) is 0 Å². The van der Waals surface area contributed by atoms with E-state index in [9.17, 15) is 9.59 Å². The summed E-state index contributed by atoms with van der Waals surface area (Å²) in [5.41, 5.74) is 1.11. The molecule has 0 bridgehead atoms. The number of rotatable bonds is 7. The van der Waals surface area contributed by atoms with Gasteiger partial charge in [-0.05, 0) is 31.2 Å². The number of ether oxygens (including phenoxy) is 2. The highest BCUT2D eigenvalue weighted by molar-refractivity contribution is 5.96. The molecular weight excluding hydrogens is 308 g/mol. The van der Waals surface area contributed by atoms with Crippen molar-refractivity contribution in [3.8, 4) is 11.5 Å². The van der Waals surface area contributed by atoms with Gasteiger partial charge in [-0.3, -0.25) is 4.79 Å². The van der Waals surface area contributed by atoms with Gasteiger partial charge in [-0.15, -0.1) is 0 Å². The van der Waals surface area contributed by atoms with Gasteiger partial charge in [0.1, 0.15) is 6.61 Å². The van der Waals surface area contributed by atoms with Crippen LogP contribution >= 0.6 is 0 Å². The minimum Gasteiger partial charge on any atom is -0.493 e. The van der Waals surface area contributed by atoms with E-state index < -0.39 is 0 Å². The van der Waals surface area contributed by atoms with E-state index in [4.69, 9.17) is 9.47 Å². The molecule has 2 rings (SSSR count). The van der Waals surface area contributed by atoms with Gasteiger partial charge in [-0.1, -0.05) is 24.3 Å². The van der Waals surface area contributed by atoms with Crippen LogP contribution < -0.4 is 20.1 Å². The van der Waals surface area contributed by atoms with Crippen molar-refractivity contribution in [2.75, 3.05) is 25.6 Å². The number of anilines is 1. The number of carbonyl (C=O) groups is 2. The molecule has 0 atom stereocenters. The van der Waals surface area contributed by atoms with Gasteiger partial charge in [0.05, 0.1) is 13.7 Å². The lowest BCUT2D eigenvalue weighted by Gasteiger charge is -2.11. The molecule has 24 heavy (non-hydrogen) atoms. The molecule has 0 radical (unpaired) electrons. The molecule has 0 heterocycles. The van der Waals surface area contributed by atoms with Gasteiger partial charge in [0.2, 0.25) is 0 Å². The molecule has 0 aromatic heterocycles. The van der Waals surface area contributed by atoms with Crippen LogP contribution in [0.1, 0.15) is 17.3 Å². The molecule has 2 N–H and O–H groups in total. The Hall–Kier alpha value is -3.02. The van der Waals surface area contributed by atoms with Crippen molar-refractivity contribution in [1.29, 1.82) is 0 Å². The van der Waals surface area contributed by atoms with Crippen molar-refractivity contribution >= 4 is 17.5 Å². The van der Waals surface area contributed by atoms with Crippen LogP contribution in [0.2, 0.25) is 0 Å². The highest BCUT2D eigenvalue weighted by Gasteiger charge is 2.05. The fraction of sp³-hybridized carbons (Fsp3) is 0.222. The minimum absolute atomic E-state index is 0.0516. The highest BCUT2D eigenvalue weighted by Crippen LogP contribution is 2.25. The zero-order chi connectivity index (χ0) is 17.4. The Balaban J connectivity index is 1.77. The van der Waals surface area contributed by atoms with Gasteiger partial charge < -0.3 is 20.1 Å². The third kappa shape index (κ3) is 5.01. The summed E-state index contributed by atoms with van der Waals surface area (Å²) in [4.78, 5) is 23.2. The monoisotopic (exact) mass is 328 g/mol. The molecule has 2 aromatic rings. The predicted octanol–water partition coefficient (Wildman–Crippen LogP) is 3.10. The lowest BCUT2D eigenvalue weighted by molar-refractivity contribution is 0.101. The second-order valence-electron chi connectivity index (χ2n) is 5.02. The predicted molar refractivity (Wildman–Crippen MR) is 92.0 cm³/mol. The number of Topliss-reactive ketones (excluding diaryl/α,β-unsaturated/α-hetero) is 1. The average molecular weight is 328 g/mol. The van der Waals surface area contributed by atoms with Crippen LogP contribution in [0.15, 0.2) is 48.5 Å². The van der Waals surface area contributed by atoms with Crippen molar-refractivity contribution in [2.45, 2.75) is 6.92 Å². The zero-order valence-electron chi connectivity index (χ0n) is 13.7. The number of benzene rings is 2. The second-order valence-corrected chi connectivity index (χ2v) is 5.02. The third-order valence-corrected chi connectivity index (χ3v) is 3.24. The molecular formula is C18H20N2O4. The van der Waals surface area contributed by atoms with Crippen LogP contribution in [0, 0.1) is 0 Å². The standard InChI is InChI=1S/C18H20N2O4/c1-13(21)14-6-5-7-15(12-14)20-18(22)19-10-11-24-17-9-4-3-8-16(17)23-2/h3-9,12H,10-11H2,1-2H3,(H2,19,20,22). The first-order chi connectivity index (χ1) is 11.6. The van der Waals surface area contributed by atoms with E-state index in [1.54, 1.807) is 43.5 Å². The number of amides is 2. The quantitative estimate of drug-likeness (QED) is 0.605. The van der Waals surface area contributed by atoms with E-state index in [1.165, 1.54) is 6.92 Å². The topological polar surface area (TPSA) is 76.7 Å². The van der Waals surface area contributed by atoms with Crippen molar-refractivity contribution in [3.05, 3.63) is 54.1 Å². The molecule has 0 spiro atoms. The lowest BCUT2D eigenvalue weighted by Crippen LogP contribution is -2.32. The molecule has 126 valence electrons. The molecule has 0 saturated carbocycles. The second kappa shape index (κ2) is 8.57. The van der Waals surface area contributed by atoms with Crippen LogP contribution in [-0.2, 0) is 0 Å². The Kier molecular flexibility index (Phi) is 6.19. The summed E-state index contributed by atoms with van der Waals surface area (Å²) in [5.74, 6) is 1.21. The fourth-order valence-corrected chi connectivity index (χ4v) is 2.05. The van der Waals surface area contributed by atoms with Crippen LogP contribution in [0.5, 0.6) is 11.5 Å². The molecule has 6 nitrogen and oxygen atoms in total. The summed E-state index contributed by atoms with van der Waals surface area (Å²) in [7, 11) is 1.57. The maximum Gasteiger partial charge on any atom is 0.319 e. The molecule has 0 fully saturated rings. The fourth-order valence-electron chi connectivity index (χ4n) is 2.05. The van der Waals surface area contributed by atoms with Crippen LogP contribution in [0.25, 0.3) is 0 Å². The number of urea groups is 1. The summed E-state index contributed by atoms with van der Waals surface area (Å²) in [6, 6.07) is 13.7. The Morgan fingerprint density at radius 3 is 2.50 bits per heavy atom. The summed E-state index contributed by atoms with van der Waals surface area (Å²) in [6.07, 6.45) is 0. The number of hydrogen-bond acceptors (Lipinski definition) is 4. The number of ketones is 1. The number of nitrogens with one attached hydrogen (secondary N) is 2. The maximum atomic E-state index is 11.8. The van der Waals surface area contributed by atoms with E-state index in [2.05, 4.69) is 10.6 Å². The van der Waals surface area contributed by atoms with E-state index in [0.29, 0.717) is 35.9 Å². The maximum absolute atomic E-state index is 11.8. The zero-order valence-corrected chi connectivity index (χ0v) is 13.7. The third-order valence-electron chi connectivity index (χ3n) is 3.24. The lowest BCUT2D eigenvalue weighted by atomic mass is 10.1. The molecule has 0 aliphatic carbocycles. The summed E-state index contributed by atoms with van der Waals surface area (Å²) >= 11 is 0. The van der Waals surface area contributed by atoms with Gasteiger partial charge >= 0.3 is 6.03 Å². The Morgan fingerprint density at radius 2 is 1.79 bits per heavy atom. The van der Waals surface area contributed by atoms with Crippen LogP contribution in [0.3, 0.4) is 0 Å². The van der Waals surface area contributed by atoms with Gasteiger partial charge in [-0.25, -0.2) is 4.79 Å². The molecule has 2 amide bonds. The molecule has 0 aliphatic heterocycles. The first kappa shape index (κ1) is 17.3. The first-order valence-corrected chi connectivity index (χ1v) is 7.52. The summed E-state index contributed by atoms with van der Waals surface area (Å²) in [5, 5.41) is 5.36. The number of carbonyl (C=O) groups excluding carboxylic acids is 2. The SMILES string of the molecule is COc1ccccc1OCCNC(=O)Nc1cccc(C(C)=O)c1.